The molecule has 3 rings (SSSR count). The Bertz CT molecular complexity index is 702. The van der Waals surface area contributed by atoms with Crippen LogP contribution in [0.2, 0.25) is 0 Å². The van der Waals surface area contributed by atoms with Gasteiger partial charge in [-0.15, -0.1) is 11.3 Å². The van der Waals surface area contributed by atoms with E-state index in [1.54, 1.807) is 11.3 Å². The van der Waals surface area contributed by atoms with Crippen LogP contribution in [0.3, 0.4) is 0 Å². The highest BCUT2D eigenvalue weighted by Crippen LogP contribution is 2.23. The van der Waals surface area contributed by atoms with Crippen LogP contribution < -0.4 is 11.3 Å². The van der Waals surface area contributed by atoms with Crippen molar-refractivity contribution >= 4 is 21.6 Å². The third-order valence-corrected chi connectivity index (χ3v) is 4.62. The number of hydrogen-bond donors (Lipinski definition) is 2. The van der Waals surface area contributed by atoms with Gasteiger partial charge in [0.05, 0.1) is 15.2 Å². The number of thiazole rings is 1. The summed E-state index contributed by atoms with van der Waals surface area (Å²) in [6.07, 6.45) is 1.76. The van der Waals surface area contributed by atoms with Gasteiger partial charge in [0.15, 0.2) is 0 Å². The third kappa shape index (κ3) is 3.47. The van der Waals surface area contributed by atoms with E-state index in [1.165, 1.54) is 15.8 Å². The fraction of sp³-hybridized carbons (Fsp3) is 0.235. The molecule has 0 aliphatic heterocycles. The van der Waals surface area contributed by atoms with Crippen LogP contribution in [0.4, 0.5) is 0 Å². The molecule has 3 aromatic rings. The SMILES string of the molecule is Cc1cccc(CC(Cc2nc3ccccc3s2)NN)c1. The summed E-state index contributed by atoms with van der Waals surface area (Å²) < 4.78 is 1.24. The fourth-order valence-corrected chi connectivity index (χ4v) is 3.58. The van der Waals surface area contributed by atoms with Gasteiger partial charge >= 0.3 is 0 Å². The molecule has 1 aromatic heterocycles. The molecule has 3 N–H and O–H groups in total. The maximum atomic E-state index is 5.73. The molecule has 0 amide bonds. The van der Waals surface area contributed by atoms with Crippen molar-refractivity contribution < 1.29 is 0 Å². The van der Waals surface area contributed by atoms with Crippen LogP contribution >= 0.6 is 11.3 Å². The molecule has 0 aliphatic rings. The second-order valence-electron chi connectivity index (χ2n) is 5.34. The number of para-hydroxylation sites is 1. The first-order valence-electron chi connectivity index (χ1n) is 7.11. The Morgan fingerprint density at radius 1 is 1.14 bits per heavy atom. The zero-order valence-electron chi connectivity index (χ0n) is 12.0. The number of hydrazine groups is 1. The van der Waals surface area contributed by atoms with Crippen LogP contribution in [-0.4, -0.2) is 11.0 Å². The number of nitrogens with one attached hydrogen (secondary N) is 1. The Labute approximate surface area is 128 Å². The van der Waals surface area contributed by atoms with Crippen LogP contribution in [-0.2, 0) is 12.8 Å². The van der Waals surface area contributed by atoms with Crippen molar-refractivity contribution in [2.24, 2.45) is 5.84 Å². The lowest BCUT2D eigenvalue weighted by atomic mass is 10.0. The quantitative estimate of drug-likeness (QED) is 0.561. The number of aryl methyl sites for hydroxylation is 1. The van der Waals surface area contributed by atoms with Crippen molar-refractivity contribution in [3.63, 3.8) is 0 Å². The molecule has 0 fully saturated rings. The molecule has 1 unspecified atom stereocenters. The molecule has 0 aliphatic carbocycles. The van der Waals surface area contributed by atoms with Gasteiger partial charge in [0, 0.05) is 12.5 Å². The normalized spacial score (nSPS) is 12.7. The van der Waals surface area contributed by atoms with E-state index in [2.05, 4.69) is 59.8 Å². The third-order valence-electron chi connectivity index (χ3n) is 3.56. The van der Waals surface area contributed by atoms with Crippen LogP contribution in [0.25, 0.3) is 10.2 Å². The van der Waals surface area contributed by atoms with Crippen molar-refractivity contribution in [2.45, 2.75) is 25.8 Å². The minimum atomic E-state index is 0.201. The minimum absolute atomic E-state index is 0.201. The number of nitrogens with two attached hydrogens (primary N) is 1. The Morgan fingerprint density at radius 3 is 2.76 bits per heavy atom. The molecule has 0 spiro atoms. The Balaban J connectivity index is 1.74. The lowest BCUT2D eigenvalue weighted by Crippen LogP contribution is -2.38. The lowest BCUT2D eigenvalue weighted by molar-refractivity contribution is 0.522. The summed E-state index contributed by atoms with van der Waals surface area (Å²) in [6.45, 7) is 2.11. The second kappa shape index (κ2) is 6.35. The van der Waals surface area contributed by atoms with Gasteiger partial charge in [-0.3, -0.25) is 11.3 Å². The average molecular weight is 297 g/mol. The summed E-state index contributed by atoms with van der Waals surface area (Å²) in [5.74, 6) is 5.73. The molecule has 1 atom stereocenters. The van der Waals surface area contributed by atoms with E-state index in [0.717, 1.165) is 23.4 Å². The molecule has 1 heterocycles. The Kier molecular flexibility index (Phi) is 4.29. The van der Waals surface area contributed by atoms with Gasteiger partial charge in [-0.1, -0.05) is 42.0 Å². The zero-order chi connectivity index (χ0) is 14.7. The molecule has 0 radical (unpaired) electrons. The summed E-state index contributed by atoms with van der Waals surface area (Å²) >= 11 is 1.75. The summed E-state index contributed by atoms with van der Waals surface area (Å²) in [5, 5.41) is 1.13. The van der Waals surface area contributed by atoms with Gasteiger partial charge < -0.3 is 0 Å². The molecular formula is C17H19N3S. The molecular weight excluding hydrogens is 278 g/mol. The molecule has 0 bridgehead atoms. The first-order chi connectivity index (χ1) is 10.2. The summed E-state index contributed by atoms with van der Waals surface area (Å²) in [7, 11) is 0. The Hall–Kier alpha value is -1.75. The highest BCUT2D eigenvalue weighted by molar-refractivity contribution is 7.18. The molecule has 2 aromatic carbocycles. The molecule has 3 nitrogen and oxygen atoms in total. The summed E-state index contributed by atoms with van der Waals surface area (Å²) in [6, 6.07) is 17.0. The van der Waals surface area contributed by atoms with Crippen molar-refractivity contribution in [3.05, 3.63) is 64.7 Å². The smallest absolute Gasteiger partial charge is 0.0954 e. The Morgan fingerprint density at radius 2 is 2.00 bits per heavy atom. The standard InChI is InChI=1S/C17H19N3S/c1-12-5-4-6-13(9-12)10-14(20-18)11-17-19-15-7-2-3-8-16(15)21-17/h2-9,14,20H,10-11,18H2,1H3. The summed E-state index contributed by atoms with van der Waals surface area (Å²) in [4.78, 5) is 4.68. The van der Waals surface area contributed by atoms with Gasteiger partial charge in [-0.2, -0.15) is 0 Å². The van der Waals surface area contributed by atoms with E-state index in [9.17, 15) is 0 Å². The monoisotopic (exact) mass is 297 g/mol. The van der Waals surface area contributed by atoms with Gasteiger partial charge in [0.2, 0.25) is 0 Å². The number of nitrogens with zero attached hydrogens (tertiary/aromatic N) is 1. The van der Waals surface area contributed by atoms with E-state index in [1.807, 2.05) is 6.07 Å². The molecule has 108 valence electrons. The number of aromatic nitrogens is 1. The molecule has 21 heavy (non-hydrogen) atoms. The largest absolute Gasteiger partial charge is 0.271 e. The predicted octanol–water partition coefficient (Wildman–Crippen LogP) is 3.22. The van der Waals surface area contributed by atoms with E-state index in [4.69, 9.17) is 5.84 Å². The van der Waals surface area contributed by atoms with Crippen LogP contribution in [0.15, 0.2) is 48.5 Å². The fourth-order valence-electron chi connectivity index (χ4n) is 2.53. The highest BCUT2D eigenvalue weighted by Gasteiger charge is 2.12. The van der Waals surface area contributed by atoms with Crippen molar-refractivity contribution in [3.8, 4) is 0 Å². The topological polar surface area (TPSA) is 50.9 Å². The first-order valence-corrected chi connectivity index (χ1v) is 7.92. The first kappa shape index (κ1) is 14.2. The number of hydrogen-bond acceptors (Lipinski definition) is 4. The number of benzene rings is 2. The van der Waals surface area contributed by atoms with Gasteiger partial charge in [0.25, 0.3) is 0 Å². The maximum absolute atomic E-state index is 5.73. The van der Waals surface area contributed by atoms with E-state index in [-0.39, 0.29) is 6.04 Å². The highest BCUT2D eigenvalue weighted by atomic mass is 32.1. The van der Waals surface area contributed by atoms with Crippen molar-refractivity contribution in [1.82, 2.24) is 10.4 Å². The second-order valence-corrected chi connectivity index (χ2v) is 6.45. The van der Waals surface area contributed by atoms with Gasteiger partial charge in [-0.25, -0.2) is 4.98 Å². The number of rotatable bonds is 5. The molecule has 4 heteroatoms. The molecule has 0 saturated carbocycles. The van der Waals surface area contributed by atoms with Crippen LogP contribution in [0, 0.1) is 6.92 Å². The molecule has 0 saturated heterocycles. The van der Waals surface area contributed by atoms with Crippen LogP contribution in [0.5, 0.6) is 0 Å². The van der Waals surface area contributed by atoms with Gasteiger partial charge in [-0.05, 0) is 31.0 Å². The predicted molar refractivity (Wildman–Crippen MR) is 89.3 cm³/mol. The van der Waals surface area contributed by atoms with E-state index >= 15 is 0 Å². The zero-order valence-corrected chi connectivity index (χ0v) is 12.9. The van der Waals surface area contributed by atoms with Crippen LogP contribution in [0.1, 0.15) is 16.1 Å². The van der Waals surface area contributed by atoms with Gasteiger partial charge in [0.1, 0.15) is 0 Å². The van der Waals surface area contributed by atoms with Crippen molar-refractivity contribution in [1.29, 1.82) is 0 Å². The maximum Gasteiger partial charge on any atom is 0.0954 e. The average Bonchev–Trinajstić information content (AvgIpc) is 2.89. The number of fused-ring (bicyclic) bond motifs is 1. The minimum Gasteiger partial charge on any atom is -0.271 e. The van der Waals surface area contributed by atoms with E-state index < -0.39 is 0 Å². The van der Waals surface area contributed by atoms with Crippen molar-refractivity contribution in [2.75, 3.05) is 0 Å². The van der Waals surface area contributed by atoms with E-state index in [0.29, 0.717) is 0 Å². The summed E-state index contributed by atoms with van der Waals surface area (Å²) in [5.41, 5.74) is 6.59. The lowest BCUT2D eigenvalue weighted by Gasteiger charge is -2.14.